The molecule has 3 rings (SSSR count). The third-order valence-electron chi connectivity index (χ3n) is 3.37. The molecule has 2 nitrogen and oxygen atoms in total. The highest BCUT2D eigenvalue weighted by atomic mass is 16.1. The molecule has 0 aliphatic heterocycles. The Kier molecular flexibility index (Phi) is 1.22. The van der Waals surface area contributed by atoms with Gasteiger partial charge in [-0.3, -0.25) is 9.59 Å². The number of Topliss-reactive ketones (excluding diaryl/α,β-unsaturated/α-hetero) is 1. The number of allylic oxidation sites excluding steroid dienone is 4. The lowest BCUT2D eigenvalue weighted by Crippen LogP contribution is -2.17. The van der Waals surface area contributed by atoms with E-state index in [9.17, 15) is 9.59 Å². The van der Waals surface area contributed by atoms with Crippen LogP contribution in [0, 0.1) is 11.8 Å². The molecule has 3 aliphatic carbocycles. The van der Waals surface area contributed by atoms with E-state index in [1.165, 1.54) is 5.57 Å². The van der Waals surface area contributed by atoms with Crippen LogP contribution in [0.15, 0.2) is 23.3 Å². The summed E-state index contributed by atoms with van der Waals surface area (Å²) in [7, 11) is 0. The van der Waals surface area contributed by atoms with Gasteiger partial charge in [0.1, 0.15) is 0 Å². The average molecular weight is 174 g/mol. The van der Waals surface area contributed by atoms with Crippen LogP contribution in [0.25, 0.3) is 0 Å². The molecule has 0 spiro atoms. The van der Waals surface area contributed by atoms with Crippen molar-refractivity contribution in [3.8, 4) is 0 Å². The Morgan fingerprint density at radius 1 is 1.23 bits per heavy atom. The average Bonchev–Trinajstić information content (AvgIpc) is 2.69. The Morgan fingerprint density at radius 3 is 2.92 bits per heavy atom. The molecule has 0 aromatic heterocycles. The Balaban J connectivity index is 2.07. The molecule has 0 amide bonds. The number of carbonyl (C=O) groups is 2. The van der Waals surface area contributed by atoms with Gasteiger partial charge in [-0.15, -0.1) is 0 Å². The van der Waals surface area contributed by atoms with Gasteiger partial charge in [0.15, 0.2) is 11.6 Å². The van der Waals surface area contributed by atoms with E-state index in [2.05, 4.69) is 0 Å². The Labute approximate surface area is 76.3 Å². The maximum Gasteiger partial charge on any atom is 0.163 e. The highest BCUT2D eigenvalue weighted by molar-refractivity contribution is 6.09. The highest BCUT2D eigenvalue weighted by Crippen LogP contribution is 2.47. The second-order valence-corrected chi connectivity index (χ2v) is 4.05. The van der Waals surface area contributed by atoms with Crippen molar-refractivity contribution in [2.24, 2.45) is 11.8 Å². The zero-order valence-electron chi connectivity index (χ0n) is 7.25. The lowest BCUT2D eigenvalue weighted by molar-refractivity contribution is -0.120. The second-order valence-electron chi connectivity index (χ2n) is 4.05. The van der Waals surface area contributed by atoms with Gasteiger partial charge in [0.25, 0.3) is 0 Å². The molecule has 0 saturated carbocycles. The van der Waals surface area contributed by atoms with E-state index in [4.69, 9.17) is 0 Å². The summed E-state index contributed by atoms with van der Waals surface area (Å²) in [4.78, 5) is 23.0. The van der Waals surface area contributed by atoms with Gasteiger partial charge < -0.3 is 0 Å². The van der Waals surface area contributed by atoms with E-state index in [0.29, 0.717) is 12.3 Å². The fourth-order valence-electron chi connectivity index (χ4n) is 2.81. The Morgan fingerprint density at radius 2 is 2.08 bits per heavy atom. The normalized spacial score (nSPS) is 36.0. The summed E-state index contributed by atoms with van der Waals surface area (Å²) < 4.78 is 0. The molecular weight excluding hydrogens is 164 g/mol. The van der Waals surface area contributed by atoms with Crippen LogP contribution in [0.4, 0.5) is 0 Å². The molecule has 0 fully saturated rings. The fraction of sp³-hybridized carbons (Fsp3) is 0.455. The molecule has 3 aliphatic rings. The van der Waals surface area contributed by atoms with Gasteiger partial charge in [-0.1, -0.05) is 11.6 Å². The van der Waals surface area contributed by atoms with Crippen LogP contribution in [-0.2, 0) is 9.59 Å². The van der Waals surface area contributed by atoms with Crippen LogP contribution in [0.5, 0.6) is 0 Å². The zero-order chi connectivity index (χ0) is 9.00. The topological polar surface area (TPSA) is 34.1 Å². The summed E-state index contributed by atoms with van der Waals surface area (Å²) in [5.41, 5.74) is 2.14. The van der Waals surface area contributed by atoms with Crippen LogP contribution < -0.4 is 0 Å². The van der Waals surface area contributed by atoms with E-state index in [1.54, 1.807) is 6.08 Å². The zero-order valence-corrected chi connectivity index (χ0v) is 7.25. The number of carbonyl (C=O) groups excluding carboxylic acids is 2. The molecule has 0 heterocycles. The molecule has 0 N–H and O–H groups in total. The first-order valence-electron chi connectivity index (χ1n) is 4.74. The molecule has 0 aromatic rings. The summed E-state index contributed by atoms with van der Waals surface area (Å²) in [6.07, 6.45) is 6.11. The van der Waals surface area contributed by atoms with Gasteiger partial charge in [0.05, 0.1) is 5.92 Å². The lowest BCUT2D eigenvalue weighted by atomic mass is 9.91. The predicted molar refractivity (Wildman–Crippen MR) is 47.0 cm³/mol. The van der Waals surface area contributed by atoms with Gasteiger partial charge >= 0.3 is 0 Å². The summed E-state index contributed by atoms with van der Waals surface area (Å²) in [6.45, 7) is 0. The molecule has 0 aromatic carbocycles. The van der Waals surface area contributed by atoms with Crippen molar-refractivity contribution in [1.29, 1.82) is 0 Å². The minimum atomic E-state index is -0.0787. The summed E-state index contributed by atoms with van der Waals surface area (Å²) >= 11 is 0. The van der Waals surface area contributed by atoms with Crippen molar-refractivity contribution in [1.82, 2.24) is 0 Å². The molecule has 2 heteroatoms. The summed E-state index contributed by atoms with van der Waals surface area (Å²) in [6, 6.07) is 0. The molecule has 0 radical (unpaired) electrons. The Bertz CT molecular complexity index is 374. The van der Waals surface area contributed by atoms with Crippen LogP contribution in [-0.4, -0.2) is 11.6 Å². The largest absolute Gasteiger partial charge is 0.295 e. The summed E-state index contributed by atoms with van der Waals surface area (Å²) in [5, 5.41) is 0. The maximum atomic E-state index is 11.5. The third-order valence-corrected chi connectivity index (χ3v) is 3.37. The predicted octanol–water partition coefficient (Wildman–Crippen LogP) is 1.42. The maximum absolute atomic E-state index is 11.5. The van der Waals surface area contributed by atoms with E-state index in [0.717, 1.165) is 18.4 Å². The van der Waals surface area contributed by atoms with E-state index < -0.39 is 0 Å². The molecular formula is C11H10O2. The minimum absolute atomic E-state index is 0.0787. The monoisotopic (exact) mass is 174 g/mol. The number of rotatable bonds is 0. The third kappa shape index (κ3) is 0.781. The number of hydrogen-bond acceptors (Lipinski definition) is 2. The first kappa shape index (κ1) is 7.25. The summed E-state index contributed by atoms with van der Waals surface area (Å²) in [5.74, 6) is 0.608. The fourth-order valence-corrected chi connectivity index (χ4v) is 2.81. The van der Waals surface area contributed by atoms with Gasteiger partial charge in [-0.05, 0) is 24.8 Å². The Hall–Kier alpha value is -1.18. The smallest absolute Gasteiger partial charge is 0.163 e. The second kappa shape index (κ2) is 2.19. The number of fused-ring (bicyclic) bond motifs is 2. The molecule has 0 bridgehead atoms. The van der Waals surface area contributed by atoms with Crippen LogP contribution in [0.1, 0.15) is 19.3 Å². The quantitative estimate of drug-likeness (QED) is 0.556. The molecule has 0 saturated heterocycles. The van der Waals surface area contributed by atoms with Crippen molar-refractivity contribution in [3.05, 3.63) is 23.3 Å². The van der Waals surface area contributed by atoms with Gasteiger partial charge in [-0.2, -0.15) is 0 Å². The number of ketones is 2. The molecule has 2 atom stereocenters. The van der Waals surface area contributed by atoms with E-state index >= 15 is 0 Å². The van der Waals surface area contributed by atoms with Crippen LogP contribution in [0.3, 0.4) is 0 Å². The lowest BCUT2D eigenvalue weighted by Gasteiger charge is -2.10. The van der Waals surface area contributed by atoms with E-state index in [1.807, 2.05) is 6.08 Å². The SMILES string of the molecule is O=C1CCC2=C1C1C(=O)C=CC1C2. The molecule has 13 heavy (non-hydrogen) atoms. The van der Waals surface area contributed by atoms with Gasteiger partial charge in [0, 0.05) is 12.0 Å². The standard InChI is InChI=1S/C11H10O2/c12-8-3-1-6-5-7-2-4-9(13)11(7)10(6)8/h1,3,6,10H,2,4-5H2. The van der Waals surface area contributed by atoms with E-state index in [-0.39, 0.29) is 17.5 Å². The van der Waals surface area contributed by atoms with Crippen molar-refractivity contribution < 1.29 is 9.59 Å². The van der Waals surface area contributed by atoms with Crippen LogP contribution in [0.2, 0.25) is 0 Å². The first-order valence-corrected chi connectivity index (χ1v) is 4.74. The van der Waals surface area contributed by atoms with Gasteiger partial charge in [-0.25, -0.2) is 0 Å². The molecule has 2 unspecified atom stereocenters. The first-order chi connectivity index (χ1) is 6.27. The van der Waals surface area contributed by atoms with Crippen LogP contribution >= 0.6 is 0 Å². The minimum Gasteiger partial charge on any atom is -0.295 e. The highest BCUT2D eigenvalue weighted by Gasteiger charge is 2.44. The van der Waals surface area contributed by atoms with Crippen molar-refractivity contribution in [2.45, 2.75) is 19.3 Å². The van der Waals surface area contributed by atoms with Crippen molar-refractivity contribution >= 4 is 11.6 Å². The van der Waals surface area contributed by atoms with Crippen molar-refractivity contribution in [2.75, 3.05) is 0 Å². The van der Waals surface area contributed by atoms with Crippen molar-refractivity contribution in [3.63, 3.8) is 0 Å². The van der Waals surface area contributed by atoms with Gasteiger partial charge in [0.2, 0.25) is 0 Å². The molecule has 66 valence electrons. The number of hydrogen-bond donors (Lipinski definition) is 0.